The summed E-state index contributed by atoms with van der Waals surface area (Å²) < 4.78 is 27.8. The summed E-state index contributed by atoms with van der Waals surface area (Å²) in [5, 5.41) is 8.54. The number of hydrogen-bond donors (Lipinski definition) is 0. The van der Waals surface area contributed by atoms with Crippen LogP contribution in [0.4, 0.5) is 0 Å². The highest BCUT2D eigenvalue weighted by Gasteiger charge is 2.31. The first-order valence-corrected chi connectivity index (χ1v) is 7.69. The van der Waals surface area contributed by atoms with Gasteiger partial charge in [0.2, 0.25) is 0 Å². The van der Waals surface area contributed by atoms with Crippen molar-refractivity contribution in [2.45, 2.75) is 24.4 Å². The lowest BCUT2D eigenvalue weighted by Gasteiger charge is -2.22. The molecule has 0 bridgehead atoms. The second-order valence-corrected chi connectivity index (χ2v) is 6.64. The molecule has 20 heavy (non-hydrogen) atoms. The third-order valence-corrected chi connectivity index (χ3v) is 5.45. The number of aromatic nitrogens is 2. The van der Waals surface area contributed by atoms with Crippen LogP contribution in [0, 0.1) is 11.3 Å². The number of fused-ring (bicyclic) bond motifs is 1. The lowest BCUT2D eigenvalue weighted by Crippen LogP contribution is -2.35. The lowest BCUT2D eigenvalue weighted by atomic mass is 10.3. The Kier molecular flexibility index (Phi) is 3.99. The molecule has 0 saturated carbocycles. The molecule has 0 saturated heterocycles. The van der Waals surface area contributed by atoms with Gasteiger partial charge in [0.25, 0.3) is 10.0 Å². The highest BCUT2D eigenvalue weighted by Crippen LogP contribution is 2.26. The second kappa shape index (κ2) is 5.40. The van der Waals surface area contributed by atoms with Gasteiger partial charge in [-0.15, -0.1) is 0 Å². The molecule has 1 atom stereocenters. The Morgan fingerprint density at radius 2 is 2.25 bits per heavy atom. The van der Waals surface area contributed by atoms with Crippen LogP contribution in [0.25, 0.3) is 5.65 Å². The van der Waals surface area contributed by atoms with Crippen LogP contribution in [-0.2, 0) is 10.0 Å². The molecule has 2 aromatic heterocycles. The Bertz CT molecular complexity index is 778. The average Bonchev–Trinajstić information content (AvgIpc) is 2.74. The quantitative estimate of drug-likeness (QED) is 0.864. The lowest BCUT2D eigenvalue weighted by molar-refractivity contribution is 0.391. The number of halogens is 1. The van der Waals surface area contributed by atoms with Crippen molar-refractivity contribution < 1.29 is 8.42 Å². The van der Waals surface area contributed by atoms with E-state index in [0.717, 1.165) is 4.31 Å². The third-order valence-electron chi connectivity index (χ3n) is 3.08. The van der Waals surface area contributed by atoms with Crippen molar-refractivity contribution in [3.63, 3.8) is 0 Å². The van der Waals surface area contributed by atoms with E-state index < -0.39 is 16.1 Å². The summed E-state index contributed by atoms with van der Waals surface area (Å²) in [6.45, 7) is 1.66. The van der Waals surface area contributed by atoms with Gasteiger partial charge in [-0.1, -0.05) is 17.7 Å². The Morgan fingerprint density at radius 3 is 2.90 bits per heavy atom. The molecule has 0 fully saturated rings. The normalized spacial score (nSPS) is 13.6. The number of sulfonamides is 1. The Morgan fingerprint density at radius 1 is 1.55 bits per heavy atom. The van der Waals surface area contributed by atoms with E-state index in [1.807, 2.05) is 6.07 Å². The van der Waals surface area contributed by atoms with E-state index in [2.05, 4.69) is 4.98 Å². The molecule has 0 aliphatic carbocycles. The third kappa shape index (κ3) is 2.38. The molecule has 0 aliphatic heterocycles. The molecular weight excluding hydrogens is 300 g/mol. The molecule has 2 rings (SSSR count). The van der Waals surface area contributed by atoms with Crippen molar-refractivity contribution in [3.8, 4) is 6.07 Å². The van der Waals surface area contributed by atoms with Gasteiger partial charge in [0.1, 0.15) is 5.65 Å². The molecule has 2 heterocycles. The number of hydrogen-bond acceptors (Lipinski definition) is 4. The number of pyridine rings is 1. The summed E-state index contributed by atoms with van der Waals surface area (Å²) in [6, 6.07) is 6.62. The smallest absolute Gasteiger partial charge is 0.262 e. The van der Waals surface area contributed by atoms with Gasteiger partial charge in [-0.3, -0.25) is 4.40 Å². The van der Waals surface area contributed by atoms with Crippen molar-refractivity contribution in [2.75, 3.05) is 7.05 Å². The summed E-state index contributed by atoms with van der Waals surface area (Å²) in [6.07, 6.45) is 1.69. The molecule has 2 aromatic rings. The zero-order valence-corrected chi connectivity index (χ0v) is 12.6. The van der Waals surface area contributed by atoms with Gasteiger partial charge in [-0.2, -0.15) is 9.57 Å². The first-order valence-electron chi connectivity index (χ1n) is 5.87. The van der Waals surface area contributed by atoms with Gasteiger partial charge in [0.05, 0.1) is 12.5 Å². The van der Waals surface area contributed by atoms with Crippen LogP contribution in [0.5, 0.6) is 0 Å². The summed E-state index contributed by atoms with van der Waals surface area (Å²) in [4.78, 5) is 4.02. The molecule has 8 heteroatoms. The molecule has 0 spiro atoms. The number of imidazole rings is 1. The van der Waals surface area contributed by atoms with Crippen LogP contribution in [0.2, 0.25) is 5.15 Å². The second-order valence-electron chi connectivity index (χ2n) is 4.37. The molecule has 0 amide bonds. The fourth-order valence-corrected chi connectivity index (χ4v) is 3.76. The largest absolute Gasteiger partial charge is 0.288 e. The Labute approximate surface area is 122 Å². The van der Waals surface area contributed by atoms with E-state index in [0.29, 0.717) is 5.65 Å². The Hall–Kier alpha value is -1.62. The van der Waals surface area contributed by atoms with Crippen molar-refractivity contribution >= 4 is 27.3 Å². The fourth-order valence-electron chi connectivity index (χ4n) is 1.81. The van der Waals surface area contributed by atoms with Gasteiger partial charge in [-0.25, -0.2) is 13.4 Å². The topological polar surface area (TPSA) is 78.5 Å². The highest BCUT2D eigenvalue weighted by molar-refractivity contribution is 7.89. The zero-order chi connectivity index (χ0) is 14.9. The van der Waals surface area contributed by atoms with Crippen LogP contribution in [-0.4, -0.2) is 35.2 Å². The van der Waals surface area contributed by atoms with Crippen LogP contribution < -0.4 is 0 Å². The molecule has 0 radical (unpaired) electrons. The minimum absolute atomic E-state index is 0.0767. The predicted octanol–water partition coefficient (Wildman–Crippen LogP) is 1.91. The summed E-state index contributed by atoms with van der Waals surface area (Å²) in [5.41, 5.74) is 0.456. The van der Waals surface area contributed by atoms with E-state index >= 15 is 0 Å². The van der Waals surface area contributed by atoms with Crippen LogP contribution in [0.3, 0.4) is 0 Å². The van der Waals surface area contributed by atoms with Crippen molar-refractivity contribution in [1.82, 2.24) is 13.7 Å². The molecule has 0 N–H and O–H groups in total. The van der Waals surface area contributed by atoms with E-state index in [9.17, 15) is 8.42 Å². The fraction of sp³-hybridized carbons (Fsp3) is 0.333. The summed E-state index contributed by atoms with van der Waals surface area (Å²) >= 11 is 5.98. The van der Waals surface area contributed by atoms with Crippen LogP contribution in [0.1, 0.15) is 13.3 Å². The molecule has 0 aromatic carbocycles. The SMILES string of the molecule is CC(CC#N)N(C)S(=O)(=O)c1c(Cl)nc2ccccn12. The van der Waals surface area contributed by atoms with Gasteiger partial charge >= 0.3 is 0 Å². The number of nitrogens with zero attached hydrogens (tertiary/aromatic N) is 4. The van der Waals surface area contributed by atoms with E-state index in [4.69, 9.17) is 16.9 Å². The Balaban J connectivity index is 2.58. The average molecular weight is 313 g/mol. The highest BCUT2D eigenvalue weighted by atomic mass is 35.5. The van der Waals surface area contributed by atoms with Gasteiger partial charge < -0.3 is 0 Å². The maximum absolute atomic E-state index is 12.6. The van der Waals surface area contributed by atoms with Crippen molar-refractivity contribution in [1.29, 1.82) is 5.26 Å². The van der Waals surface area contributed by atoms with Crippen LogP contribution >= 0.6 is 11.6 Å². The summed E-state index contributed by atoms with van der Waals surface area (Å²) in [5.74, 6) is 0. The van der Waals surface area contributed by atoms with E-state index in [-0.39, 0.29) is 16.6 Å². The maximum Gasteiger partial charge on any atom is 0.262 e. The number of nitriles is 1. The minimum Gasteiger partial charge on any atom is -0.288 e. The minimum atomic E-state index is -3.82. The predicted molar refractivity (Wildman–Crippen MR) is 74.8 cm³/mol. The first-order chi connectivity index (χ1) is 9.39. The first kappa shape index (κ1) is 14.8. The van der Waals surface area contributed by atoms with E-state index in [1.165, 1.54) is 11.4 Å². The van der Waals surface area contributed by atoms with E-state index in [1.54, 1.807) is 31.3 Å². The molecule has 6 nitrogen and oxygen atoms in total. The van der Waals surface area contributed by atoms with Gasteiger partial charge in [0.15, 0.2) is 10.2 Å². The maximum atomic E-state index is 12.6. The van der Waals surface area contributed by atoms with Crippen molar-refractivity contribution in [3.05, 3.63) is 29.5 Å². The monoisotopic (exact) mass is 312 g/mol. The molecule has 0 aliphatic rings. The van der Waals surface area contributed by atoms with Crippen LogP contribution in [0.15, 0.2) is 29.4 Å². The van der Waals surface area contributed by atoms with Gasteiger partial charge in [0, 0.05) is 19.3 Å². The standard InChI is InChI=1S/C12H13ClN4O2S/c1-9(6-7-14)16(2)20(18,19)12-11(13)15-10-5-3-4-8-17(10)12/h3-5,8-9H,6H2,1-2H3. The molecule has 106 valence electrons. The summed E-state index contributed by atoms with van der Waals surface area (Å²) in [7, 11) is -2.40. The molecular formula is C12H13ClN4O2S. The number of rotatable bonds is 4. The molecule has 1 unspecified atom stereocenters. The van der Waals surface area contributed by atoms with Gasteiger partial charge in [-0.05, 0) is 19.1 Å². The van der Waals surface area contributed by atoms with Crippen molar-refractivity contribution in [2.24, 2.45) is 0 Å². The zero-order valence-electron chi connectivity index (χ0n) is 11.0.